The molecule has 0 saturated heterocycles. The molecule has 3 aromatic carbocycles. The zero-order chi connectivity index (χ0) is 22.8. The number of hydrogen-bond donors (Lipinski definition) is 5. The van der Waals surface area contributed by atoms with Crippen LogP contribution in [0.2, 0.25) is 0 Å². The van der Waals surface area contributed by atoms with Crippen molar-refractivity contribution in [2.24, 2.45) is 11.5 Å². The maximum Gasteiger partial charge on any atom is 0.337 e. The van der Waals surface area contributed by atoms with Crippen molar-refractivity contribution >= 4 is 28.5 Å². The minimum atomic E-state index is -0.369. The Morgan fingerprint density at radius 1 is 0.875 bits per heavy atom. The summed E-state index contributed by atoms with van der Waals surface area (Å²) in [6, 6.07) is 20.5. The van der Waals surface area contributed by atoms with E-state index in [0.717, 1.165) is 33.3 Å². The SMILES string of the molecule is COC(=O)c1ccc(Cc2c(-c3ccc(C(=N)N)cc3)[nH]c3cc(C(=N)N)ccc23)cc1. The Labute approximate surface area is 185 Å². The van der Waals surface area contributed by atoms with Crippen molar-refractivity contribution < 1.29 is 9.53 Å². The second kappa shape index (κ2) is 8.39. The average molecular weight is 425 g/mol. The number of fused-ring (bicyclic) bond motifs is 1. The molecule has 7 heteroatoms. The molecule has 0 bridgehead atoms. The lowest BCUT2D eigenvalue weighted by Crippen LogP contribution is -2.10. The van der Waals surface area contributed by atoms with Crippen molar-refractivity contribution in [3.05, 3.63) is 94.5 Å². The smallest absolute Gasteiger partial charge is 0.337 e. The third kappa shape index (κ3) is 3.96. The lowest BCUT2D eigenvalue weighted by atomic mass is 9.97. The Hall–Kier alpha value is -4.39. The maximum atomic E-state index is 11.7. The molecule has 0 fully saturated rings. The number of nitrogen functional groups attached to an aromatic ring is 2. The van der Waals surface area contributed by atoms with Gasteiger partial charge in [0, 0.05) is 28.5 Å². The molecular formula is C25H23N5O2. The van der Waals surface area contributed by atoms with E-state index >= 15 is 0 Å². The fourth-order valence-corrected chi connectivity index (χ4v) is 3.75. The summed E-state index contributed by atoms with van der Waals surface area (Å²) in [5.41, 5.74) is 18.0. The average Bonchev–Trinajstić information content (AvgIpc) is 3.16. The number of carbonyl (C=O) groups is 1. The molecule has 7 nitrogen and oxygen atoms in total. The van der Waals surface area contributed by atoms with Crippen LogP contribution in [0.5, 0.6) is 0 Å². The molecule has 0 spiro atoms. The van der Waals surface area contributed by atoms with E-state index in [9.17, 15) is 4.79 Å². The molecular weight excluding hydrogens is 402 g/mol. The van der Waals surface area contributed by atoms with E-state index in [-0.39, 0.29) is 17.6 Å². The van der Waals surface area contributed by atoms with Crippen LogP contribution in [0.1, 0.15) is 32.6 Å². The quantitative estimate of drug-likeness (QED) is 0.182. The zero-order valence-electron chi connectivity index (χ0n) is 17.5. The van der Waals surface area contributed by atoms with Gasteiger partial charge in [0.2, 0.25) is 0 Å². The van der Waals surface area contributed by atoms with Crippen molar-refractivity contribution in [3.8, 4) is 11.3 Å². The van der Waals surface area contributed by atoms with Gasteiger partial charge in [0.05, 0.1) is 18.4 Å². The number of rotatable bonds is 6. The molecule has 1 aromatic heterocycles. The standard InChI is InChI=1S/C25H23N5O2/c1-32-25(31)17-4-2-14(3-5-17)12-20-19-11-10-18(24(28)29)13-21(19)30-22(20)15-6-8-16(9-7-15)23(26)27/h2-11,13,30H,12H2,1H3,(H3,26,27)(H3,28,29). The first-order chi connectivity index (χ1) is 15.4. The summed E-state index contributed by atoms with van der Waals surface area (Å²) in [7, 11) is 1.36. The summed E-state index contributed by atoms with van der Waals surface area (Å²) >= 11 is 0. The Kier molecular flexibility index (Phi) is 5.47. The van der Waals surface area contributed by atoms with Crippen molar-refractivity contribution in [3.63, 3.8) is 0 Å². The molecule has 0 aliphatic carbocycles. The topological polar surface area (TPSA) is 142 Å². The summed E-state index contributed by atoms with van der Waals surface area (Å²) in [6.07, 6.45) is 0.630. The number of benzene rings is 3. The van der Waals surface area contributed by atoms with Gasteiger partial charge in [0.25, 0.3) is 0 Å². The first-order valence-corrected chi connectivity index (χ1v) is 9.98. The van der Waals surface area contributed by atoms with Crippen LogP contribution in [0.25, 0.3) is 22.2 Å². The highest BCUT2D eigenvalue weighted by atomic mass is 16.5. The minimum absolute atomic E-state index is 0.00816. The van der Waals surface area contributed by atoms with Crippen LogP contribution in [0.3, 0.4) is 0 Å². The first-order valence-electron chi connectivity index (χ1n) is 9.98. The first kappa shape index (κ1) is 20.9. The van der Waals surface area contributed by atoms with Gasteiger partial charge in [-0.05, 0) is 34.9 Å². The number of hydrogen-bond acceptors (Lipinski definition) is 4. The predicted octanol–water partition coefficient (Wildman–Crippen LogP) is 3.78. The molecule has 0 atom stereocenters. The largest absolute Gasteiger partial charge is 0.465 e. The normalized spacial score (nSPS) is 10.8. The second-order valence-corrected chi connectivity index (χ2v) is 7.51. The van der Waals surface area contributed by atoms with Crippen LogP contribution in [-0.2, 0) is 11.2 Å². The van der Waals surface area contributed by atoms with Crippen molar-refractivity contribution in [1.82, 2.24) is 4.98 Å². The highest BCUT2D eigenvalue weighted by Gasteiger charge is 2.16. The van der Waals surface area contributed by atoms with Crippen LogP contribution in [-0.4, -0.2) is 29.7 Å². The number of esters is 1. The van der Waals surface area contributed by atoms with Crippen LogP contribution in [0.4, 0.5) is 0 Å². The van der Waals surface area contributed by atoms with Gasteiger partial charge in [-0.25, -0.2) is 4.79 Å². The van der Waals surface area contributed by atoms with Gasteiger partial charge in [0.15, 0.2) is 0 Å². The summed E-state index contributed by atoms with van der Waals surface area (Å²) in [5, 5.41) is 16.4. The van der Waals surface area contributed by atoms with Crippen LogP contribution < -0.4 is 11.5 Å². The number of ether oxygens (including phenoxy) is 1. The fraction of sp³-hybridized carbons (Fsp3) is 0.0800. The zero-order valence-corrected chi connectivity index (χ0v) is 17.5. The molecule has 7 N–H and O–H groups in total. The van der Waals surface area contributed by atoms with E-state index in [0.29, 0.717) is 23.1 Å². The lowest BCUT2D eigenvalue weighted by molar-refractivity contribution is 0.0600. The summed E-state index contributed by atoms with van der Waals surface area (Å²) < 4.78 is 4.78. The number of nitrogens with one attached hydrogen (secondary N) is 3. The van der Waals surface area contributed by atoms with Gasteiger partial charge < -0.3 is 21.2 Å². The molecule has 32 heavy (non-hydrogen) atoms. The molecule has 4 aromatic rings. The lowest BCUT2D eigenvalue weighted by Gasteiger charge is -2.08. The van der Waals surface area contributed by atoms with Gasteiger partial charge in [0.1, 0.15) is 11.7 Å². The predicted molar refractivity (Wildman–Crippen MR) is 126 cm³/mol. The van der Waals surface area contributed by atoms with Crippen molar-refractivity contribution in [1.29, 1.82) is 10.8 Å². The molecule has 0 unspecified atom stereocenters. The van der Waals surface area contributed by atoms with Crippen LogP contribution in [0, 0.1) is 10.8 Å². The summed E-state index contributed by atoms with van der Waals surface area (Å²) in [4.78, 5) is 15.2. The maximum absolute atomic E-state index is 11.7. The number of aromatic nitrogens is 1. The summed E-state index contributed by atoms with van der Waals surface area (Å²) in [5.74, 6) is -0.342. The number of amidine groups is 2. The van der Waals surface area contributed by atoms with Gasteiger partial charge in [-0.1, -0.05) is 48.5 Å². The van der Waals surface area contributed by atoms with Gasteiger partial charge in [-0.3, -0.25) is 10.8 Å². The van der Waals surface area contributed by atoms with Gasteiger partial charge >= 0.3 is 5.97 Å². The van der Waals surface area contributed by atoms with E-state index < -0.39 is 0 Å². The number of carbonyl (C=O) groups excluding carboxylic acids is 1. The Bertz CT molecular complexity index is 1340. The van der Waals surface area contributed by atoms with E-state index in [2.05, 4.69) is 4.98 Å². The monoisotopic (exact) mass is 425 g/mol. The number of H-pyrrole nitrogens is 1. The van der Waals surface area contributed by atoms with E-state index in [1.165, 1.54) is 7.11 Å². The molecule has 4 rings (SSSR count). The van der Waals surface area contributed by atoms with Gasteiger partial charge in [-0.15, -0.1) is 0 Å². The van der Waals surface area contributed by atoms with E-state index in [1.807, 2.05) is 54.6 Å². The highest BCUT2D eigenvalue weighted by molar-refractivity contribution is 6.01. The molecule has 0 aliphatic rings. The highest BCUT2D eigenvalue weighted by Crippen LogP contribution is 2.33. The molecule has 160 valence electrons. The second-order valence-electron chi connectivity index (χ2n) is 7.51. The molecule has 0 radical (unpaired) electrons. The number of methoxy groups -OCH3 is 1. The minimum Gasteiger partial charge on any atom is -0.465 e. The van der Waals surface area contributed by atoms with Gasteiger partial charge in [-0.2, -0.15) is 0 Å². The third-order valence-corrected chi connectivity index (χ3v) is 5.46. The Morgan fingerprint density at radius 3 is 2.06 bits per heavy atom. The van der Waals surface area contributed by atoms with E-state index in [1.54, 1.807) is 12.1 Å². The third-order valence-electron chi connectivity index (χ3n) is 5.46. The van der Waals surface area contributed by atoms with Crippen LogP contribution >= 0.6 is 0 Å². The van der Waals surface area contributed by atoms with Crippen molar-refractivity contribution in [2.45, 2.75) is 6.42 Å². The van der Waals surface area contributed by atoms with E-state index in [4.69, 9.17) is 27.0 Å². The van der Waals surface area contributed by atoms with Crippen molar-refractivity contribution in [2.75, 3.05) is 7.11 Å². The molecule has 1 heterocycles. The molecule has 0 saturated carbocycles. The Morgan fingerprint density at radius 2 is 1.47 bits per heavy atom. The number of nitrogens with two attached hydrogens (primary N) is 2. The fourth-order valence-electron chi connectivity index (χ4n) is 3.75. The number of aromatic amines is 1. The van der Waals surface area contributed by atoms with Crippen LogP contribution in [0.15, 0.2) is 66.7 Å². The molecule has 0 aliphatic heterocycles. The Balaban J connectivity index is 1.81. The molecule has 0 amide bonds. The summed E-state index contributed by atoms with van der Waals surface area (Å²) in [6.45, 7) is 0.